The molecule has 0 aromatic heterocycles. The molecule has 0 aliphatic rings. The lowest BCUT2D eigenvalue weighted by atomic mass is 9.88. The summed E-state index contributed by atoms with van der Waals surface area (Å²) in [5.74, 6) is -0.174. The Morgan fingerprint density at radius 3 is 2.74 bits per heavy atom. The van der Waals surface area contributed by atoms with E-state index in [0.717, 1.165) is 31.5 Å². The van der Waals surface area contributed by atoms with Crippen LogP contribution >= 0.6 is 0 Å². The predicted octanol–water partition coefficient (Wildman–Crippen LogP) is 3.60. The second kappa shape index (κ2) is 7.25. The molecule has 0 saturated heterocycles. The van der Waals surface area contributed by atoms with Gasteiger partial charge < -0.3 is 5.32 Å². The average molecular weight is 262 g/mol. The fourth-order valence-electron chi connectivity index (χ4n) is 2.07. The molecule has 0 bridgehead atoms. The first-order chi connectivity index (χ1) is 8.94. The lowest BCUT2D eigenvalue weighted by Crippen LogP contribution is -2.30. The molecule has 104 valence electrons. The van der Waals surface area contributed by atoms with Crippen molar-refractivity contribution in [3.8, 4) is 6.07 Å². The fourth-order valence-corrected chi connectivity index (χ4v) is 2.07. The standard InChI is InChI=1S/C16H23FN2/c1-13-11-15(17)6-5-14(13)7-10-19-12-16(2,3)8-4-9-18/h5-6,11,19H,4,7-8,10,12H2,1-3H3. The van der Waals surface area contributed by atoms with Crippen molar-refractivity contribution in [3.05, 3.63) is 35.1 Å². The van der Waals surface area contributed by atoms with E-state index in [9.17, 15) is 4.39 Å². The van der Waals surface area contributed by atoms with Crippen molar-refractivity contribution < 1.29 is 4.39 Å². The van der Waals surface area contributed by atoms with E-state index in [4.69, 9.17) is 5.26 Å². The van der Waals surface area contributed by atoms with Crippen molar-refractivity contribution in [1.82, 2.24) is 5.32 Å². The highest BCUT2D eigenvalue weighted by Gasteiger charge is 2.16. The van der Waals surface area contributed by atoms with Gasteiger partial charge in [-0.05, 0) is 55.0 Å². The van der Waals surface area contributed by atoms with E-state index in [1.807, 2.05) is 13.0 Å². The predicted molar refractivity (Wildman–Crippen MR) is 76.3 cm³/mol. The maximum atomic E-state index is 13.0. The molecule has 1 aromatic rings. The van der Waals surface area contributed by atoms with Gasteiger partial charge in [0.05, 0.1) is 6.07 Å². The molecule has 1 aromatic carbocycles. The molecule has 0 aliphatic carbocycles. The molecule has 0 radical (unpaired) electrons. The number of aryl methyl sites for hydroxylation is 1. The van der Waals surface area contributed by atoms with E-state index < -0.39 is 0 Å². The minimum absolute atomic E-state index is 0.146. The number of hydrogen-bond donors (Lipinski definition) is 1. The Hall–Kier alpha value is -1.40. The molecule has 0 atom stereocenters. The third-order valence-electron chi connectivity index (χ3n) is 3.39. The third kappa shape index (κ3) is 5.85. The van der Waals surface area contributed by atoms with Gasteiger partial charge in [0.1, 0.15) is 5.82 Å². The Bertz CT molecular complexity index is 447. The van der Waals surface area contributed by atoms with Gasteiger partial charge >= 0.3 is 0 Å². The van der Waals surface area contributed by atoms with Gasteiger partial charge in [-0.3, -0.25) is 0 Å². The van der Waals surface area contributed by atoms with E-state index in [2.05, 4.69) is 25.2 Å². The summed E-state index contributed by atoms with van der Waals surface area (Å²) < 4.78 is 13.0. The number of benzene rings is 1. The maximum absolute atomic E-state index is 13.0. The van der Waals surface area contributed by atoms with Crippen molar-refractivity contribution in [1.29, 1.82) is 5.26 Å². The molecule has 0 fully saturated rings. The molecule has 0 unspecified atom stereocenters. The summed E-state index contributed by atoms with van der Waals surface area (Å²) in [5.41, 5.74) is 2.34. The van der Waals surface area contributed by atoms with Crippen LogP contribution in [0.15, 0.2) is 18.2 Å². The number of hydrogen-bond acceptors (Lipinski definition) is 2. The number of nitrogens with one attached hydrogen (secondary N) is 1. The molecule has 3 heteroatoms. The molecule has 0 saturated carbocycles. The molecule has 1 rings (SSSR count). The van der Waals surface area contributed by atoms with Gasteiger partial charge in [-0.1, -0.05) is 19.9 Å². The van der Waals surface area contributed by atoms with E-state index in [1.54, 1.807) is 6.07 Å². The van der Waals surface area contributed by atoms with Gasteiger partial charge in [0, 0.05) is 13.0 Å². The highest BCUT2D eigenvalue weighted by atomic mass is 19.1. The highest BCUT2D eigenvalue weighted by Crippen LogP contribution is 2.20. The van der Waals surface area contributed by atoms with Crippen molar-refractivity contribution in [3.63, 3.8) is 0 Å². The Morgan fingerprint density at radius 2 is 2.11 bits per heavy atom. The van der Waals surface area contributed by atoms with Crippen LogP contribution in [0.25, 0.3) is 0 Å². The smallest absolute Gasteiger partial charge is 0.123 e. The average Bonchev–Trinajstić information content (AvgIpc) is 2.34. The van der Waals surface area contributed by atoms with Crippen LogP contribution in [0.4, 0.5) is 4.39 Å². The Labute approximate surface area is 115 Å². The first-order valence-electron chi connectivity index (χ1n) is 6.77. The summed E-state index contributed by atoms with van der Waals surface area (Å²) >= 11 is 0. The van der Waals surface area contributed by atoms with Crippen molar-refractivity contribution >= 4 is 0 Å². The zero-order valence-corrected chi connectivity index (χ0v) is 12.1. The largest absolute Gasteiger partial charge is 0.316 e. The minimum Gasteiger partial charge on any atom is -0.316 e. The van der Waals surface area contributed by atoms with Gasteiger partial charge in [-0.25, -0.2) is 4.39 Å². The number of rotatable bonds is 7. The van der Waals surface area contributed by atoms with Crippen LogP contribution in [0.5, 0.6) is 0 Å². The summed E-state index contributed by atoms with van der Waals surface area (Å²) in [4.78, 5) is 0. The lowest BCUT2D eigenvalue weighted by molar-refractivity contribution is 0.319. The van der Waals surface area contributed by atoms with Gasteiger partial charge in [0.2, 0.25) is 0 Å². The second-order valence-corrected chi connectivity index (χ2v) is 5.82. The van der Waals surface area contributed by atoms with E-state index >= 15 is 0 Å². The Morgan fingerprint density at radius 1 is 1.37 bits per heavy atom. The van der Waals surface area contributed by atoms with Crippen molar-refractivity contribution in [2.75, 3.05) is 13.1 Å². The van der Waals surface area contributed by atoms with Crippen LogP contribution in [0.1, 0.15) is 37.8 Å². The molecule has 0 amide bonds. The topological polar surface area (TPSA) is 35.8 Å². The monoisotopic (exact) mass is 262 g/mol. The minimum atomic E-state index is -0.174. The zero-order valence-electron chi connectivity index (χ0n) is 12.1. The van der Waals surface area contributed by atoms with E-state index in [-0.39, 0.29) is 11.2 Å². The molecule has 0 aliphatic heterocycles. The van der Waals surface area contributed by atoms with Gasteiger partial charge in [-0.2, -0.15) is 5.26 Å². The summed E-state index contributed by atoms with van der Waals surface area (Å²) in [6, 6.07) is 7.13. The molecule has 0 spiro atoms. The SMILES string of the molecule is Cc1cc(F)ccc1CCNCC(C)(C)CCC#N. The Balaban J connectivity index is 2.33. The molecule has 1 N–H and O–H groups in total. The molecular weight excluding hydrogens is 239 g/mol. The first-order valence-corrected chi connectivity index (χ1v) is 6.77. The quantitative estimate of drug-likeness (QED) is 0.762. The first kappa shape index (κ1) is 15.7. The maximum Gasteiger partial charge on any atom is 0.123 e. The summed E-state index contributed by atoms with van der Waals surface area (Å²) in [7, 11) is 0. The Kier molecular flexibility index (Phi) is 5.98. The zero-order chi connectivity index (χ0) is 14.3. The van der Waals surface area contributed by atoms with Crippen LogP contribution in [-0.2, 0) is 6.42 Å². The third-order valence-corrected chi connectivity index (χ3v) is 3.39. The normalized spacial score (nSPS) is 11.3. The van der Waals surface area contributed by atoms with Gasteiger partial charge in [0.25, 0.3) is 0 Å². The van der Waals surface area contributed by atoms with Gasteiger partial charge in [0.15, 0.2) is 0 Å². The molecule has 2 nitrogen and oxygen atoms in total. The lowest BCUT2D eigenvalue weighted by Gasteiger charge is -2.23. The number of nitriles is 1. The van der Waals surface area contributed by atoms with Crippen molar-refractivity contribution in [2.24, 2.45) is 5.41 Å². The van der Waals surface area contributed by atoms with Crippen LogP contribution in [-0.4, -0.2) is 13.1 Å². The number of nitrogens with zero attached hydrogens (tertiary/aromatic N) is 1. The highest BCUT2D eigenvalue weighted by molar-refractivity contribution is 5.26. The fraction of sp³-hybridized carbons (Fsp3) is 0.562. The second-order valence-electron chi connectivity index (χ2n) is 5.82. The van der Waals surface area contributed by atoms with E-state index in [1.165, 1.54) is 11.6 Å². The number of halogens is 1. The van der Waals surface area contributed by atoms with Crippen LogP contribution in [0.2, 0.25) is 0 Å². The molecular formula is C16H23FN2. The van der Waals surface area contributed by atoms with E-state index in [0.29, 0.717) is 6.42 Å². The summed E-state index contributed by atoms with van der Waals surface area (Å²) in [5, 5.41) is 12.0. The summed E-state index contributed by atoms with van der Waals surface area (Å²) in [6.45, 7) is 8.05. The van der Waals surface area contributed by atoms with Crippen molar-refractivity contribution in [2.45, 2.75) is 40.0 Å². The summed E-state index contributed by atoms with van der Waals surface area (Å²) in [6.07, 6.45) is 2.41. The van der Waals surface area contributed by atoms with Crippen LogP contribution in [0, 0.1) is 29.5 Å². The molecule has 0 heterocycles. The van der Waals surface area contributed by atoms with Gasteiger partial charge in [-0.15, -0.1) is 0 Å². The van der Waals surface area contributed by atoms with Crippen LogP contribution in [0.3, 0.4) is 0 Å². The molecule has 19 heavy (non-hydrogen) atoms. The van der Waals surface area contributed by atoms with Crippen LogP contribution < -0.4 is 5.32 Å².